The first kappa shape index (κ1) is 13.8. The molecule has 0 amide bonds. The molecule has 0 aliphatic rings. The first-order valence-electron chi connectivity index (χ1n) is 5.48. The van der Waals surface area contributed by atoms with E-state index in [0.29, 0.717) is 10.6 Å². The van der Waals surface area contributed by atoms with Crippen LogP contribution in [0.3, 0.4) is 0 Å². The van der Waals surface area contributed by atoms with Gasteiger partial charge in [-0.2, -0.15) is 5.26 Å². The van der Waals surface area contributed by atoms with Gasteiger partial charge in [0.15, 0.2) is 0 Å². The van der Waals surface area contributed by atoms with Crippen LogP contribution in [0.2, 0.25) is 5.02 Å². The molecule has 0 saturated heterocycles. The molecule has 0 spiro atoms. The Hall–Kier alpha value is -1.24. The van der Waals surface area contributed by atoms with Crippen molar-refractivity contribution in [2.24, 2.45) is 0 Å². The van der Waals surface area contributed by atoms with Crippen LogP contribution < -0.4 is 5.32 Å². The van der Waals surface area contributed by atoms with Crippen LogP contribution in [0.25, 0.3) is 0 Å². The van der Waals surface area contributed by atoms with E-state index in [9.17, 15) is 0 Å². The zero-order valence-corrected chi connectivity index (χ0v) is 11.5. The Morgan fingerprint density at radius 2 is 2.06 bits per heavy atom. The van der Waals surface area contributed by atoms with E-state index in [1.807, 2.05) is 20.2 Å². The van der Waals surface area contributed by atoms with Crippen molar-refractivity contribution in [3.8, 4) is 6.07 Å². The molecule has 17 heavy (non-hydrogen) atoms. The maximum Gasteiger partial charge on any atom is 0.0992 e. The monoisotopic (exact) mass is 251 g/mol. The molecule has 0 unspecified atom stereocenters. The molecule has 0 radical (unpaired) electrons. The number of nitrogens with one attached hydrogen (secondary N) is 1. The van der Waals surface area contributed by atoms with Crippen molar-refractivity contribution in [2.75, 3.05) is 26.0 Å². The van der Waals surface area contributed by atoms with Crippen molar-refractivity contribution < 1.29 is 0 Å². The van der Waals surface area contributed by atoms with E-state index < -0.39 is 0 Å². The summed E-state index contributed by atoms with van der Waals surface area (Å²) in [6, 6.07) is 7.34. The summed E-state index contributed by atoms with van der Waals surface area (Å²) < 4.78 is 0. The number of hydrogen-bond acceptors (Lipinski definition) is 3. The summed E-state index contributed by atoms with van der Waals surface area (Å²) in [5.74, 6) is 0. The fraction of sp³-hybridized carbons (Fsp3) is 0.462. The molecule has 92 valence electrons. The van der Waals surface area contributed by atoms with Crippen molar-refractivity contribution in [1.29, 1.82) is 5.26 Å². The molecule has 0 atom stereocenters. The second kappa shape index (κ2) is 5.39. The van der Waals surface area contributed by atoms with Crippen LogP contribution in [0.5, 0.6) is 0 Å². The third kappa shape index (κ3) is 3.62. The van der Waals surface area contributed by atoms with E-state index in [4.69, 9.17) is 16.9 Å². The lowest BCUT2D eigenvalue weighted by molar-refractivity contribution is 0.210. The lowest BCUT2D eigenvalue weighted by atomic mass is 10.0. The highest BCUT2D eigenvalue weighted by atomic mass is 35.5. The van der Waals surface area contributed by atoms with E-state index in [-0.39, 0.29) is 5.54 Å². The Morgan fingerprint density at radius 1 is 1.41 bits per heavy atom. The van der Waals surface area contributed by atoms with Gasteiger partial charge in [-0.25, -0.2) is 0 Å². The zero-order valence-electron chi connectivity index (χ0n) is 10.7. The number of rotatable bonds is 4. The lowest BCUT2D eigenvalue weighted by Crippen LogP contribution is -2.44. The first-order chi connectivity index (χ1) is 7.86. The number of hydrogen-bond donors (Lipinski definition) is 1. The summed E-state index contributed by atoms with van der Waals surface area (Å²) in [6.07, 6.45) is 0. The van der Waals surface area contributed by atoms with Gasteiger partial charge in [-0.05, 0) is 46.1 Å². The van der Waals surface area contributed by atoms with Gasteiger partial charge in [0.1, 0.15) is 0 Å². The minimum absolute atomic E-state index is 0.0389. The number of benzene rings is 1. The van der Waals surface area contributed by atoms with E-state index in [1.54, 1.807) is 12.1 Å². The molecule has 0 aliphatic carbocycles. The Kier molecular flexibility index (Phi) is 4.39. The van der Waals surface area contributed by atoms with Gasteiger partial charge < -0.3 is 10.2 Å². The van der Waals surface area contributed by atoms with Gasteiger partial charge in [-0.1, -0.05) is 11.6 Å². The molecule has 3 nitrogen and oxygen atoms in total. The largest absolute Gasteiger partial charge is 0.382 e. The molecular formula is C13H18ClN3. The topological polar surface area (TPSA) is 39.1 Å². The van der Waals surface area contributed by atoms with Gasteiger partial charge in [-0.15, -0.1) is 0 Å². The highest BCUT2D eigenvalue weighted by molar-refractivity contribution is 6.33. The third-order valence-corrected chi connectivity index (χ3v) is 3.33. The minimum atomic E-state index is 0.0389. The van der Waals surface area contributed by atoms with Crippen LogP contribution in [0, 0.1) is 11.3 Å². The number of nitriles is 1. The predicted molar refractivity (Wildman–Crippen MR) is 72.4 cm³/mol. The Labute approximate surface area is 108 Å². The van der Waals surface area contributed by atoms with Crippen molar-refractivity contribution in [3.63, 3.8) is 0 Å². The van der Waals surface area contributed by atoms with Gasteiger partial charge in [-0.3, -0.25) is 0 Å². The SMILES string of the molecule is CN(C)C(C)(C)CNc1ccc(C#N)cc1Cl. The number of anilines is 1. The Morgan fingerprint density at radius 3 is 2.53 bits per heavy atom. The third-order valence-electron chi connectivity index (χ3n) is 3.02. The average molecular weight is 252 g/mol. The standard InChI is InChI=1S/C13H18ClN3/c1-13(2,17(3)4)9-16-12-6-5-10(8-15)7-11(12)14/h5-7,16H,9H2,1-4H3. The molecule has 4 heteroatoms. The summed E-state index contributed by atoms with van der Waals surface area (Å²) in [7, 11) is 4.09. The fourth-order valence-corrected chi connectivity index (χ4v) is 1.45. The van der Waals surface area contributed by atoms with Crippen LogP contribution in [0.1, 0.15) is 19.4 Å². The van der Waals surface area contributed by atoms with Gasteiger partial charge >= 0.3 is 0 Å². The molecule has 1 N–H and O–H groups in total. The highest BCUT2D eigenvalue weighted by Gasteiger charge is 2.20. The quantitative estimate of drug-likeness (QED) is 0.894. The van der Waals surface area contributed by atoms with Crippen molar-refractivity contribution >= 4 is 17.3 Å². The molecule has 1 aromatic rings. The van der Waals surface area contributed by atoms with Crippen LogP contribution in [0.4, 0.5) is 5.69 Å². The fourth-order valence-electron chi connectivity index (χ4n) is 1.20. The average Bonchev–Trinajstić information content (AvgIpc) is 2.27. The maximum atomic E-state index is 8.75. The summed E-state index contributed by atoms with van der Waals surface area (Å²) in [5.41, 5.74) is 1.48. The normalized spacial score (nSPS) is 11.4. The van der Waals surface area contributed by atoms with E-state index in [0.717, 1.165) is 12.2 Å². The highest BCUT2D eigenvalue weighted by Crippen LogP contribution is 2.23. The molecule has 1 aromatic carbocycles. The van der Waals surface area contributed by atoms with E-state index in [1.165, 1.54) is 0 Å². The van der Waals surface area contributed by atoms with E-state index in [2.05, 4.69) is 30.1 Å². The molecule has 0 aliphatic heterocycles. The number of likely N-dealkylation sites (N-methyl/N-ethyl adjacent to an activating group) is 1. The summed E-state index contributed by atoms with van der Waals surface area (Å²) in [4.78, 5) is 2.15. The van der Waals surface area contributed by atoms with Crippen LogP contribution >= 0.6 is 11.6 Å². The van der Waals surface area contributed by atoms with Crippen LogP contribution in [0.15, 0.2) is 18.2 Å². The van der Waals surface area contributed by atoms with Crippen molar-refractivity contribution in [1.82, 2.24) is 4.90 Å². The number of halogens is 1. The summed E-state index contributed by atoms with van der Waals surface area (Å²) in [6.45, 7) is 5.08. The minimum Gasteiger partial charge on any atom is -0.382 e. The van der Waals surface area contributed by atoms with Crippen molar-refractivity contribution in [2.45, 2.75) is 19.4 Å². The lowest BCUT2D eigenvalue weighted by Gasteiger charge is -2.33. The molecule has 0 saturated carbocycles. The van der Waals surface area contributed by atoms with E-state index >= 15 is 0 Å². The molecule has 0 heterocycles. The number of nitrogens with zero attached hydrogens (tertiary/aromatic N) is 2. The van der Waals surface area contributed by atoms with Gasteiger partial charge in [0.05, 0.1) is 22.3 Å². The van der Waals surface area contributed by atoms with Crippen LogP contribution in [-0.4, -0.2) is 31.1 Å². The molecular weight excluding hydrogens is 234 g/mol. The van der Waals surface area contributed by atoms with Crippen molar-refractivity contribution in [3.05, 3.63) is 28.8 Å². The molecule has 0 fully saturated rings. The Balaban J connectivity index is 2.74. The summed E-state index contributed by atoms with van der Waals surface area (Å²) >= 11 is 6.09. The zero-order chi connectivity index (χ0) is 13.1. The maximum absolute atomic E-state index is 8.75. The predicted octanol–water partition coefficient (Wildman–Crippen LogP) is 2.96. The summed E-state index contributed by atoms with van der Waals surface area (Å²) in [5, 5.41) is 12.6. The second-order valence-corrected chi connectivity index (χ2v) is 5.27. The molecule has 0 aromatic heterocycles. The smallest absolute Gasteiger partial charge is 0.0992 e. The van der Waals surface area contributed by atoms with Gasteiger partial charge in [0.25, 0.3) is 0 Å². The Bertz CT molecular complexity index is 433. The van der Waals surface area contributed by atoms with Gasteiger partial charge in [0.2, 0.25) is 0 Å². The molecule has 0 bridgehead atoms. The first-order valence-corrected chi connectivity index (χ1v) is 5.85. The second-order valence-electron chi connectivity index (χ2n) is 4.87. The van der Waals surface area contributed by atoms with Gasteiger partial charge in [0, 0.05) is 12.1 Å². The van der Waals surface area contributed by atoms with Crippen LogP contribution in [-0.2, 0) is 0 Å². The molecule has 1 rings (SSSR count).